The molecule has 0 saturated carbocycles. The number of carbonyl (C=O) groups excluding carboxylic acids is 1. The van der Waals surface area contributed by atoms with Crippen LogP contribution in [0.1, 0.15) is 18.4 Å². The standard InChI is InChI=1S/C15H21ClN2O3.ClH/c1-20-13-4-2-3-12(16)11(13)9-18-14(19)15(10-17)5-7-21-8-6-15;/h2-4H,5-10,17H2,1H3,(H,18,19);1H. The summed E-state index contributed by atoms with van der Waals surface area (Å²) in [7, 11) is 1.58. The van der Waals surface area contributed by atoms with E-state index in [2.05, 4.69) is 5.32 Å². The average Bonchev–Trinajstić information content (AvgIpc) is 2.53. The summed E-state index contributed by atoms with van der Waals surface area (Å²) in [4.78, 5) is 12.5. The second-order valence-corrected chi connectivity index (χ2v) is 5.61. The molecule has 3 N–H and O–H groups in total. The molecule has 0 radical (unpaired) electrons. The molecule has 1 aromatic rings. The zero-order valence-electron chi connectivity index (χ0n) is 12.6. The quantitative estimate of drug-likeness (QED) is 0.854. The Morgan fingerprint density at radius 3 is 2.73 bits per heavy atom. The Morgan fingerprint density at radius 2 is 2.14 bits per heavy atom. The van der Waals surface area contributed by atoms with Gasteiger partial charge in [-0.05, 0) is 25.0 Å². The van der Waals surface area contributed by atoms with Crippen LogP contribution in [0.4, 0.5) is 0 Å². The zero-order chi connectivity index (χ0) is 15.3. The van der Waals surface area contributed by atoms with Crippen LogP contribution in [0, 0.1) is 5.41 Å². The van der Waals surface area contributed by atoms with Crippen molar-refractivity contribution in [1.29, 1.82) is 0 Å². The van der Waals surface area contributed by atoms with Gasteiger partial charge in [-0.2, -0.15) is 0 Å². The highest BCUT2D eigenvalue weighted by atomic mass is 35.5. The summed E-state index contributed by atoms with van der Waals surface area (Å²) in [5.41, 5.74) is 6.06. The number of methoxy groups -OCH3 is 1. The molecule has 0 aliphatic carbocycles. The van der Waals surface area contributed by atoms with Gasteiger partial charge in [-0.1, -0.05) is 17.7 Å². The maximum Gasteiger partial charge on any atom is 0.227 e. The number of carbonyl (C=O) groups is 1. The molecule has 1 saturated heterocycles. The number of nitrogens with two attached hydrogens (primary N) is 1. The van der Waals surface area contributed by atoms with Gasteiger partial charge < -0.3 is 20.5 Å². The van der Waals surface area contributed by atoms with E-state index in [1.807, 2.05) is 12.1 Å². The molecule has 1 heterocycles. The Morgan fingerprint density at radius 1 is 1.45 bits per heavy atom. The Bertz CT molecular complexity index is 506. The largest absolute Gasteiger partial charge is 0.496 e. The van der Waals surface area contributed by atoms with E-state index in [1.165, 1.54) is 0 Å². The SMILES string of the molecule is COc1cccc(Cl)c1CNC(=O)C1(CN)CCOCC1.Cl. The van der Waals surface area contributed by atoms with Crippen LogP contribution in [-0.2, 0) is 16.1 Å². The third kappa shape index (κ3) is 4.04. The fourth-order valence-electron chi connectivity index (χ4n) is 2.54. The van der Waals surface area contributed by atoms with Crippen molar-refractivity contribution >= 4 is 29.9 Å². The van der Waals surface area contributed by atoms with E-state index in [9.17, 15) is 4.79 Å². The number of rotatable bonds is 5. The van der Waals surface area contributed by atoms with E-state index in [-0.39, 0.29) is 18.3 Å². The summed E-state index contributed by atoms with van der Waals surface area (Å²) >= 11 is 6.17. The highest BCUT2D eigenvalue weighted by Crippen LogP contribution is 2.30. The summed E-state index contributed by atoms with van der Waals surface area (Å²) in [6.07, 6.45) is 1.30. The van der Waals surface area contributed by atoms with Crippen molar-refractivity contribution in [1.82, 2.24) is 5.32 Å². The molecule has 1 amide bonds. The van der Waals surface area contributed by atoms with Crippen LogP contribution in [-0.4, -0.2) is 32.8 Å². The first-order valence-corrected chi connectivity index (χ1v) is 7.38. The van der Waals surface area contributed by atoms with Crippen LogP contribution in [0.3, 0.4) is 0 Å². The summed E-state index contributed by atoms with van der Waals surface area (Å²) in [5.74, 6) is 0.617. The van der Waals surface area contributed by atoms with Crippen molar-refractivity contribution in [2.75, 3.05) is 26.9 Å². The van der Waals surface area contributed by atoms with Gasteiger partial charge in [-0.3, -0.25) is 4.79 Å². The number of amides is 1. The van der Waals surface area contributed by atoms with Gasteiger partial charge in [0.1, 0.15) is 5.75 Å². The van der Waals surface area contributed by atoms with Gasteiger partial charge in [0, 0.05) is 36.9 Å². The molecule has 1 aliphatic heterocycles. The minimum absolute atomic E-state index is 0. The Kier molecular flexibility index (Phi) is 7.42. The van der Waals surface area contributed by atoms with E-state index < -0.39 is 5.41 Å². The number of hydrogen-bond donors (Lipinski definition) is 2. The highest BCUT2D eigenvalue weighted by molar-refractivity contribution is 6.31. The molecule has 7 heteroatoms. The predicted molar refractivity (Wildman–Crippen MR) is 88.6 cm³/mol. The minimum Gasteiger partial charge on any atom is -0.496 e. The molecule has 1 fully saturated rings. The summed E-state index contributed by atoms with van der Waals surface area (Å²) in [6.45, 7) is 1.78. The topological polar surface area (TPSA) is 73.6 Å². The average molecular weight is 349 g/mol. The zero-order valence-corrected chi connectivity index (χ0v) is 14.1. The first kappa shape index (κ1) is 19.0. The van der Waals surface area contributed by atoms with Crippen LogP contribution in [0.25, 0.3) is 0 Å². The van der Waals surface area contributed by atoms with Gasteiger partial charge in [0.15, 0.2) is 0 Å². The molecule has 124 valence electrons. The van der Waals surface area contributed by atoms with Gasteiger partial charge in [0.05, 0.1) is 12.5 Å². The van der Waals surface area contributed by atoms with Gasteiger partial charge >= 0.3 is 0 Å². The first-order valence-electron chi connectivity index (χ1n) is 7.00. The molecular formula is C15H22Cl2N2O3. The second-order valence-electron chi connectivity index (χ2n) is 5.20. The van der Waals surface area contributed by atoms with Crippen LogP contribution >= 0.6 is 24.0 Å². The van der Waals surface area contributed by atoms with Gasteiger partial charge in [0.25, 0.3) is 0 Å². The molecule has 1 aliphatic rings. The molecule has 0 spiro atoms. The van der Waals surface area contributed by atoms with Gasteiger partial charge in [0.2, 0.25) is 5.91 Å². The predicted octanol–water partition coefficient (Wildman–Crippen LogP) is 2.14. The highest BCUT2D eigenvalue weighted by Gasteiger charge is 2.38. The molecule has 0 unspecified atom stereocenters. The molecule has 22 heavy (non-hydrogen) atoms. The molecule has 0 atom stereocenters. The van der Waals surface area contributed by atoms with Crippen molar-refractivity contribution in [3.8, 4) is 5.75 Å². The molecule has 0 bridgehead atoms. The van der Waals surface area contributed by atoms with Crippen LogP contribution < -0.4 is 15.8 Å². The maximum atomic E-state index is 12.5. The van der Waals surface area contributed by atoms with E-state index in [1.54, 1.807) is 13.2 Å². The first-order chi connectivity index (χ1) is 10.1. The van der Waals surface area contributed by atoms with Crippen molar-refractivity contribution < 1.29 is 14.3 Å². The third-order valence-corrected chi connectivity index (χ3v) is 4.40. The third-order valence-electron chi connectivity index (χ3n) is 4.04. The van der Waals surface area contributed by atoms with E-state index in [0.717, 1.165) is 5.56 Å². The van der Waals surface area contributed by atoms with E-state index in [4.69, 9.17) is 26.8 Å². The lowest BCUT2D eigenvalue weighted by Crippen LogP contribution is -2.49. The minimum atomic E-state index is -0.535. The number of halogens is 2. The van der Waals surface area contributed by atoms with Crippen molar-refractivity contribution in [3.63, 3.8) is 0 Å². The van der Waals surface area contributed by atoms with Crippen LogP contribution in [0.15, 0.2) is 18.2 Å². The van der Waals surface area contributed by atoms with Crippen LogP contribution in [0.2, 0.25) is 5.02 Å². The lowest BCUT2D eigenvalue weighted by molar-refractivity contribution is -0.136. The van der Waals surface area contributed by atoms with E-state index >= 15 is 0 Å². The smallest absolute Gasteiger partial charge is 0.227 e. The molecule has 5 nitrogen and oxygen atoms in total. The van der Waals surface area contributed by atoms with Crippen molar-refractivity contribution in [3.05, 3.63) is 28.8 Å². The van der Waals surface area contributed by atoms with Crippen LogP contribution in [0.5, 0.6) is 5.75 Å². The number of hydrogen-bond acceptors (Lipinski definition) is 4. The van der Waals surface area contributed by atoms with E-state index in [0.29, 0.717) is 49.9 Å². The summed E-state index contributed by atoms with van der Waals surface area (Å²) in [6, 6.07) is 5.41. The lowest BCUT2D eigenvalue weighted by Gasteiger charge is -2.34. The fraction of sp³-hybridized carbons (Fsp3) is 0.533. The Labute approximate surface area is 141 Å². The van der Waals surface area contributed by atoms with Crippen molar-refractivity contribution in [2.24, 2.45) is 11.1 Å². The van der Waals surface area contributed by atoms with Gasteiger partial charge in [-0.25, -0.2) is 0 Å². The van der Waals surface area contributed by atoms with Gasteiger partial charge in [-0.15, -0.1) is 12.4 Å². The Hall–Kier alpha value is -1.01. The van der Waals surface area contributed by atoms with Crippen molar-refractivity contribution in [2.45, 2.75) is 19.4 Å². The molecular weight excluding hydrogens is 327 g/mol. The number of nitrogens with one attached hydrogen (secondary N) is 1. The summed E-state index contributed by atoms with van der Waals surface area (Å²) < 4.78 is 10.6. The number of benzene rings is 1. The second kappa shape index (κ2) is 8.58. The number of ether oxygens (including phenoxy) is 2. The molecule has 2 rings (SSSR count). The summed E-state index contributed by atoms with van der Waals surface area (Å²) in [5, 5.41) is 3.51. The Balaban J connectivity index is 0.00000242. The molecule has 0 aromatic heterocycles. The monoisotopic (exact) mass is 348 g/mol. The molecule has 1 aromatic carbocycles. The maximum absolute atomic E-state index is 12.5. The normalized spacial score (nSPS) is 16.5. The fourth-order valence-corrected chi connectivity index (χ4v) is 2.78. The lowest BCUT2D eigenvalue weighted by atomic mass is 9.79.